The van der Waals surface area contributed by atoms with Crippen molar-refractivity contribution in [3.05, 3.63) is 23.8 Å². The number of urea groups is 1. The van der Waals surface area contributed by atoms with E-state index in [1.807, 2.05) is 23.1 Å². The highest BCUT2D eigenvalue weighted by Crippen LogP contribution is 2.33. The topological polar surface area (TPSA) is 116 Å². The predicted octanol–water partition coefficient (Wildman–Crippen LogP) is 1.54. The Labute approximate surface area is 154 Å². The number of carboxylic acid groups (broad SMARTS) is 1. The molecule has 0 saturated carbocycles. The van der Waals surface area contributed by atoms with Crippen molar-refractivity contribution in [2.45, 2.75) is 25.2 Å². The summed E-state index contributed by atoms with van der Waals surface area (Å²) >= 11 is 0. The zero-order chi connectivity index (χ0) is 19.0. The number of anilines is 1. The molecule has 2 aliphatic heterocycles. The number of carbonyl (C=O) groups excluding carboxylic acids is 2. The normalized spacial score (nSPS) is 19.5. The summed E-state index contributed by atoms with van der Waals surface area (Å²) in [6.45, 7) is 1.85. The van der Waals surface area contributed by atoms with Crippen LogP contribution in [-0.4, -0.2) is 59.2 Å². The Hall–Kier alpha value is -2.94. The number of nitrogens with one attached hydrogen (secondary N) is 1. The van der Waals surface area contributed by atoms with E-state index in [0.717, 1.165) is 36.9 Å². The highest BCUT2D eigenvalue weighted by Gasteiger charge is 2.29. The van der Waals surface area contributed by atoms with Crippen LogP contribution >= 0.6 is 0 Å². The second-order valence-electron chi connectivity index (χ2n) is 6.96. The molecule has 1 aromatic carbocycles. The fourth-order valence-electron chi connectivity index (χ4n) is 3.77. The van der Waals surface area contributed by atoms with E-state index < -0.39 is 12.0 Å². The zero-order valence-electron chi connectivity index (χ0n) is 14.7. The van der Waals surface area contributed by atoms with Gasteiger partial charge in [-0.25, -0.2) is 4.79 Å². The highest BCUT2D eigenvalue weighted by molar-refractivity contribution is 6.08. The summed E-state index contributed by atoms with van der Waals surface area (Å²) in [6, 6.07) is 5.35. The maximum absolute atomic E-state index is 12.0. The van der Waals surface area contributed by atoms with Gasteiger partial charge in [0.2, 0.25) is 5.91 Å². The summed E-state index contributed by atoms with van der Waals surface area (Å²) in [5, 5.41) is 15.9. The van der Waals surface area contributed by atoms with Crippen LogP contribution in [0.4, 0.5) is 10.6 Å². The van der Waals surface area contributed by atoms with Crippen LogP contribution in [0.1, 0.15) is 30.7 Å². The first kappa shape index (κ1) is 17.5. The number of fused-ring (bicyclic) bond motifs is 1. The Morgan fingerprint density at radius 3 is 2.74 bits per heavy atom. The quantitative estimate of drug-likeness (QED) is 0.836. The van der Waals surface area contributed by atoms with E-state index in [0.29, 0.717) is 17.3 Å². The Kier molecular flexibility index (Phi) is 4.53. The fraction of sp³-hybridized carbons (Fsp3) is 0.444. The van der Waals surface area contributed by atoms with Crippen molar-refractivity contribution < 1.29 is 24.0 Å². The predicted molar refractivity (Wildman–Crippen MR) is 95.6 cm³/mol. The molecule has 0 bridgehead atoms. The number of imide groups is 1. The first-order chi connectivity index (χ1) is 13.0. The summed E-state index contributed by atoms with van der Waals surface area (Å²) in [7, 11) is 0. The molecule has 3 amide bonds. The number of carbonyl (C=O) groups is 3. The van der Waals surface area contributed by atoms with Crippen LogP contribution in [0, 0.1) is 0 Å². The van der Waals surface area contributed by atoms with E-state index in [-0.39, 0.29) is 25.4 Å². The average Bonchev–Trinajstić information content (AvgIpc) is 3.05. The van der Waals surface area contributed by atoms with Crippen molar-refractivity contribution in [2.24, 2.45) is 0 Å². The summed E-state index contributed by atoms with van der Waals surface area (Å²) < 4.78 is 5.44. The van der Waals surface area contributed by atoms with Crippen molar-refractivity contribution >= 4 is 34.7 Å². The molecule has 0 radical (unpaired) electrons. The molecule has 9 nitrogen and oxygen atoms in total. The molecule has 2 saturated heterocycles. The molecule has 4 rings (SSSR count). The summed E-state index contributed by atoms with van der Waals surface area (Å²) in [5.74, 6) is -0.338. The van der Waals surface area contributed by atoms with Crippen molar-refractivity contribution in [3.63, 3.8) is 0 Å². The lowest BCUT2D eigenvalue weighted by Crippen LogP contribution is -2.49. The van der Waals surface area contributed by atoms with Gasteiger partial charge in [0, 0.05) is 13.0 Å². The number of hydrogen-bond donors (Lipinski definition) is 2. The molecule has 2 aliphatic rings. The SMILES string of the molecule is O=C(O)CN1CCC(c2ccc3c(N4CCC(=O)NC4=O)noc3c2)CC1. The van der Waals surface area contributed by atoms with Crippen LogP contribution in [0.5, 0.6) is 0 Å². The number of rotatable bonds is 4. The minimum Gasteiger partial charge on any atom is -0.480 e. The van der Waals surface area contributed by atoms with Crippen LogP contribution in [0.15, 0.2) is 22.7 Å². The van der Waals surface area contributed by atoms with E-state index in [4.69, 9.17) is 9.63 Å². The smallest absolute Gasteiger partial charge is 0.329 e. The van der Waals surface area contributed by atoms with Crippen LogP contribution in [0.2, 0.25) is 0 Å². The van der Waals surface area contributed by atoms with Crippen LogP contribution < -0.4 is 10.2 Å². The van der Waals surface area contributed by atoms with Crippen LogP contribution in [0.25, 0.3) is 11.0 Å². The molecule has 2 aromatic rings. The number of nitrogens with zero attached hydrogens (tertiary/aromatic N) is 3. The second kappa shape index (κ2) is 6.99. The molecule has 2 fully saturated rings. The molecule has 0 atom stereocenters. The number of benzene rings is 1. The van der Waals surface area contributed by atoms with Gasteiger partial charge in [-0.1, -0.05) is 11.2 Å². The lowest BCUT2D eigenvalue weighted by Gasteiger charge is -2.31. The molecule has 3 heterocycles. The van der Waals surface area contributed by atoms with Crippen LogP contribution in [0.3, 0.4) is 0 Å². The van der Waals surface area contributed by atoms with Crippen LogP contribution in [-0.2, 0) is 9.59 Å². The second-order valence-corrected chi connectivity index (χ2v) is 6.96. The van der Waals surface area contributed by atoms with Gasteiger partial charge >= 0.3 is 12.0 Å². The van der Waals surface area contributed by atoms with Gasteiger partial charge < -0.3 is 9.63 Å². The Bertz CT molecular complexity index is 900. The average molecular weight is 372 g/mol. The minimum absolute atomic E-state index is 0.0810. The summed E-state index contributed by atoms with van der Waals surface area (Å²) in [6.07, 6.45) is 2.00. The Morgan fingerprint density at radius 1 is 1.26 bits per heavy atom. The van der Waals surface area contributed by atoms with Crippen molar-refractivity contribution in [1.82, 2.24) is 15.4 Å². The van der Waals surface area contributed by atoms with Gasteiger partial charge in [0.05, 0.1) is 11.9 Å². The molecule has 0 unspecified atom stereocenters. The molecule has 9 heteroatoms. The molecule has 0 aliphatic carbocycles. The summed E-state index contributed by atoms with van der Waals surface area (Å²) in [4.78, 5) is 37.5. The number of hydrogen-bond acceptors (Lipinski definition) is 6. The number of likely N-dealkylation sites (tertiary alicyclic amines) is 1. The largest absolute Gasteiger partial charge is 0.480 e. The van der Waals surface area contributed by atoms with Gasteiger partial charge in [-0.3, -0.25) is 24.7 Å². The van der Waals surface area contributed by atoms with Gasteiger partial charge in [0.1, 0.15) is 0 Å². The van der Waals surface area contributed by atoms with Crippen molar-refractivity contribution in [3.8, 4) is 0 Å². The molecule has 27 heavy (non-hydrogen) atoms. The number of aliphatic carboxylic acids is 1. The monoisotopic (exact) mass is 372 g/mol. The fourth-order valence-corrected chi connectivity index (χ4v) is 3.77. The maximum Gasteiger partial charge on any atom is 0.329 e. The van der Waals surface area contributed by atoms with E-state index in [2.05, 4.69) is 10.5 Å². The van der Waals surface area contributed by atoms with Crippen molar-refractivity contribution in [2.75, 3.05) is 31.1 Å². The van der Waals surface area contributed by atoms with E-state index in [9.17, 15) is 14.4 Å². The van der Waals surface area contributed by atoms with Gasteiger partial charge in [0.25, 0.3) is 0 Å². The zero-order valence-corrected chi connectivity index (χ0v) is 14.7. The van der Waals surface area contributed by atoms with Crippen molar-refractivity contribution in [1.29, 1.82) is 0 Å². The number of piperidine rings is 1. The Balaban J connectivity index is 1.50. The number of aromatic nitrogens is 1. The number of carboxylic acids is 1. The lowest BCUT2D eigenvalue weighted by molar-refractivity contribution is -0.138. The molecule has 1 aromatic heterocycles. The molecule has 0 spiro atoms. The van der Waals surface area contributed by atoms with Gasteiger partial charge in [-0.2, -0.15) is 0 Å². The standard InChI is InChI=1S/C18H20N4O5/c23-15-5-8-22(18(26)19-15)17-13-2-1-12(9-14(13)27-20-17)11-3-6-21(7-4-11)10-16(24)25/h1-2,9,11H,3-8,10H2,(H,24,25)(H,19,23,26). The molecular weight excluding hydrogens is 352 g/mol. The Morgan fingerprint density at radius 2 is 2.04 bits per heavy atom. The first-order valence-corrected chi connectivity index (χ1v) is 8.96. The summed E-state index contributed by atoms with van der Waals surface area (Å²) in [5.41, 5.74) is 1.72. The molecular formula is C18H20N4O5. The van der Waals surface area contributed by atoms with E-state index in [1.165, 1.54) is 4.90 Å². The lowest BCUT2D eigenvalue weighted by atomic mass is 9.89. The maximum atomic E-state index is 12.0. The third-order valence-electron chi connectivity index (χ3n) is 5.20. The molecule has 142 valence electrons. The van der Waals surface area contributed by atoms with Gasteiger partial charge in [0.15, 0.2) is 11.4 Å². The third kappa shape index (κ3) is 3.50. The minimum atomic E-state index is -0.799. The molecule has 2 N–H and O–H groups in total. The van der Waals surface area contributed by atoms with Gasteiger partial charge in [-0.15, -0.1) is 0 Å². The third-order valence-corrected chi connectivity index (χ3v) is 5.20. The van der Waals surface area contributed by atoms with E-state index >= 15 is 0 Å². The van der Waals surface area contributed by atoms with Gasteiger partial charge in [-0.05, 0) is 49.5 Å². The highest BCUT2D eigenvalue weighted by atomic mass is 16.5. The van der Waals surface area contributed by atoms with E-state index in [1.54, 1.807) is 0 Å². The first-order valence-electron chi connectivity index (χ1n) is 8.96. The number of amides is 3.